The van der Waals surface area contributed by atoms with Gasteiger partial charge in [0.15, 0.2) is 5.69 Å². The van der Waals surface area contributed by atoms with Crippen LogP contribution in [0.1, 0.15) is 35.5 Å². The maximum atomic E-state index is 12.6. The number of nitrogens with zero attached hydrogens (tertiary/aromatic N) is 2. The van der Waals surface area contributed by atoms with E-state index in [0.717, 1.165) is 12.1 Å². The van der Waals surface area contributed by atoms with Crippen molar-refractivity contribution < 1.29 is 22.7 Å². The summed E-state index contributed by atoms with van der Waals surface area (Å²) in [5.74, 6) is -0.537. The molecule has 0 unspecified atom stereocenters. The monoisotopic (exact) mass is 312 g/mol. The molecule has 0 saturated heterocycles. The molecule has 1 aromatic heterocycles. The lowest BCUT2D eigenvalue weighted by atomic mass is 10.2. The highest BCUT2D eigenvalue weighted by Gasteiger charge is 2.30. The van der Waals surface area contributed by atoms with Gasteiger partial charge in [-0.1, -0.05) is 6.92 Å². The number of hydrogen-bond donors (Lipinski definition) is 0. The van der Waals surface area contributed by atoms with Crippen molar-refractivity contribution in [3.63, 3.8) is 0 Å². The Hall–Kier alpha value is -2.31. The molecule has 2 aromatic rings. The maximum absolute atomic E-state index is 12.6. The average molecular weight is 312 g/mol. The minimum absolute atomic E-state index is 0.184. The summed E-state index contributed by atoms with van der Waals surface area (Å²) < 4.78 is 44.0. The molecule has 0 radical (unpaired) electrons. The molecular weight excluding hydrogens is 297 g/mol. The number of esters is 1. The molecule has 0 N–H and O–H groups in total. The summed E-state index contributed by atoms with van der Waals surface area (Å²) in [6.07, 6.45) is -2.20. The van der Waals surface area contributed by atoms with Crippen LogP contribution in [0.25, 0.3) is 5.69 Å². The van der Waals surface area contributed by atoms with E-state index in [0.29, 0.717) is 17.7 Å². The van der Waals surface area contributed by atoms with Gasteiger partial charge in [-0.2, -0.15) is 18.3 Å². The molecule has 0 aliphatic carbocycles. The van der Waals surface area contributed by atoms with Crippen LogP contribution < -0.4 is 0 Å². The van der Waals surface area contributed by atoms with Crippen LogP contribution in [-0.2, 0) is 17.3 Å². The number of aryl methyl sites for hydroxylation is 1. The van der Waals surface area contributed by atoms with Crippen molar-refractivity contribution in [3.05, 3.63) is 47.3 Å². The van der Waals surface area contributed by atoms with E-state index >= 15 is 0 Å². The molecule has 7 heteroatoms. The number of carbonyl (C=O) groups excluding carboxylic acids is 1. The fourth-order valence-corrected chi connectivity index (χ4v) is 1.98. The molecule has 2 rings (SSSR count). The zero-order valence-electron chi connectivity index (χ0n) is 12.1. The minimum atomic E-state index is -4.38. The van der Waals surface area contributed by atoms with Gasteiger partial charge in [0.05, 0.1) is 17.9 Å². The van der Waals surface area contributed by atoms with Crippen molar-refractivity contribution in [1.29, 1.82) is 0 Å². The number of carbonyl (C=O) groups is 1. The Morgan fingerprint density at radius 2 is 1.86 bits per heavy atom. The Labute approximate surface area is 125 Å². The lowest BCUT2D eigenvalue weighted by molar-refractivity contribution is -0.137. The number of aromatic nitrogens is 2. The van der Waals surface area contributed by atoms with Crippen molar-refractivity contribution in [1.82, 2.24) is 9.78 Å². The number of rotatable bonds is 4. The first-order valence-corrected chi connectivity index (χ1v) is 6.80. The van der Waals surface area contributed by atoms with Gasteiger partial charge in [-0.3, -0.25) is 0 Å². The summed E-state index contributed by atoms with van der Waals surface area (Å²) >= 11 is 0. The van der Waals surface area contributed by atoms with E-state index in [1.54, 1.807) is 13.1 Å². The lowest BCUT2D eigenvalue weighted by Crippen LogP contribution is -2.08. The zero-order valence-corrected chi connectivity index (χ0v) is 12.1. The van der Waals surface area contributed by atoms with Crippen molar-refractivity contribution >= 4 is 5.97 Å². The summed E-state index contributed by atoms with van der Waals surface area (Å²) in [7, 11) is 0. The van der Waals surface area contributed by atoms with E-state index in [9.17, 15) is 18.0 Å². The number of hydrogen-bond acceptors (Lipinski definition) is 3. The normalized spacial score (nSPS) is 11.5. The third-order valence-electron chi connectivity index (χ3n) is 3.10. The average Bonchev–Trinajstić information content (AvgIpc) is 2.91. The van der Waals surface area contributed by atoms with Gasteiger partial charge < -0.3 is 4.74 Å². The molecule has 0 saturated carbocycles. The van der Waals surface area contributed by atoms with Gasteiger partial charge in [-0.25, -0.2) is 9.48 Å². The highest BCUT2D eigenvalue weighted by molar-refractivity contribution is 5.88. The van der Waals surface area contributed by atoms with Crippen LogP contribution in [0.4, 0.5) is 13.2 Å². The maximum Gasteiger partial charge on any atom is 0.416 e. The van der Waals surface area contributed by atoms with E-state index in [-0.39, 0.29) is 12.3 Å². The first-order valence-electron chi connectivity index (χ1n) is 6.80. The molecule has 0 aliphatic rings. The van der Waals surface area contributed by atoms with Crippen LogP contribution >= 0.6 is 0 Å². The smallest absolute Gasteiger partial charge is 0.416 e. The summed E-state index contributed by atoms with van der Waals surface area (Å²) in [4.78, 5) is 11.8. The Bertz CT molecular complexity index is 660. The molecule has 0 amide bonds. The Balaban J connectivity index is 2.35. The second kappa shape index (κ2) is 6.21. The SMILES string of the molecule is CCOC(=O)c1nn(-c2ccc(C(F)(F)F)cc2)cc1CC. The van der Waals surface area contributed by atoms with Crippen LogP contribution in [0.15, 0.2) is 30.5 Å². The molecule has 0 bridgehead atoms. The van der Waals surface area contributed by atoms with Crippen LogP contribution in [-0.4, -0.2) is 22.4 Å². The topological polar surface area (TPSA) is 44.1 Å². The molecule has 4 nitrogen and oxygen atoms in total. The van der Waals surface area contributed by atoms with Gasteiger partial charge in [0, 0.05) is 11.8 Å². The quantitative estimate of drug-likeness (QED) is 0.810. The Morgan fingerprint density at radius 1 is 1.23 bits per heavy atom. The summed E-state index contributed by atoms with van der Waals surface area (Å²) in [5, 5.41) is 4.12. The standard InChI is InChI=1S/C15H15F3N2O2/c1-3-10-9-20(19-13(10)14(21)22-4-2)12-7-5-11(6-8-12)15(16,17)18/h5-9H,3-4H2,1-2H3. The minimum Gasteiger partial charge on any atom is -0.461 e. The number of alkyl halides is 3. The highest BCUT2D eigenvalue weighted by Crippen LogP contribution is 2.29. The van der Waals surface area contributed by atoms with Crippen molar-refractivity contribution in [2.75, 3.05) is 6.61 Å². The first-order chi connectivity index (χ1) is 10.4. The van der Waals surface area contributed by atoms with E-state index in [1.165, 1.54) is 16.8 Å². The number of benzene rings is 1. The van der Waals surface area contributed by atoms with E-state index in [2.05, 4.69) is 5.10 Å². The predicted molar refractivity (Wildman–Crippen MR) is 73.9 cm³/mol. The Morgan fingerprint density at radius 3 is 2.36 bits per heavy atom. The van der Waals surface area contributed by atoms with Crippen molar-refractivity contribution in [2.24, 2.45) is 0 Å². The highest BCUT2D eigenvalue weighted by atomic mass is 19.4. The van der Waals surface area contributed by atoms with Crippen LogP contribution in [0.5, 0.6) is 0 Å². The summed E-state index contributed by atoms with van der Waals surface area (Å²) in [5.41, 5.74) is 0.575. The molecule has 1 aromatic carbocycles. The molecule has 0 aliphatic heterocycles. The third-order valence-corrected chi connectivity index (χ3v) is 3.10. The zero-order chi connectivity index (χ0) is 16.3. The van der Waals surface area contributed by atoms with E-state index in [1.807, 2.05) is 6.92 Å². The van der Waals surface area contributed by atoms with Gasteiger partial charge in [-0.15, -0.1) is 0 Å². The van der Waals surface area contributed by atoms with Crippen LogP contribution in [0.2, 0.25) is 0 Å². The van der Waals surface area contributed by atoms with Gasteiger partial charge in [0.1, 0.15) is 0 Å². The first kappa shape index (κ1) is 16.1. The fourth-order valence-electron chi connectivity index (χ4n) is 1.98. The molecule has 0 fully saturated rings. The van der Waals surface area contributed by atoms with Gasteiger partial charge in [-0.05, 0) is 37.6 Å². The fraction of sp³-hybridized carbons (Fsp3) is 0.333. The van der Waals surface area contributed by atoms with Crippen LogP contribution in [0, 0.1) is 0 Å². The van der Waals surface area contributed by atoms with Gasteiger partial charge >= 0.3 is 12.1 Å². The van der Waals surface area contributed by atoms with Gasteiger partial charge in [0.2, 0.25) is 0 Å². The lowest BCUT2D eigenvalue weighted by Gasteiger charge is -2.07. The molecule has 0 spiro atoms. The second-order valence-electron chi connectivity index (χ2n) is 4.57. The Kier molecular flexibility index (Phi) is 4.54. The van der Waals surface area contributed by atoms with E-state index in [4.69, 9.17) is 4.74 Å². The third kappa shape index (κ3) is 3.29. The van der Waals surface area contributed by atoms with Gasteiger partial charge in [0.25, 0.3) is 0 Å². The molecular formula is C15H15F3N2O2. The molecule has 0 atom stereocenters. The molecule has 22 heavy (non-hydrogen) atoms. The predicted octanol–water partition coefficient (Wildman–Crippen LogP) is 3.63. The second-order valence-corrected chi connectivity index (χ2v) is 4.57. The van der Waals surface area contributed by atoms with Crippen molar-refractivity contribution in [2.45, 2.75) is 26.4 Å². The van der Waals surface area contributed by atoms with Crippen LogP contribution in [0.3, 0.4) is 0 Å². The summed E-state index contributed by atoms with van der Waals surface area (Å²) in [6.45, 7) is 3.78. The number of ether oxygens (including phenoxy) is 1. The summed E-state index contributed by atoms with van der Waals surface area (Å²) in [6, 6.07) is 4.58. The number of halogens is 3. The molecule has 1 heterocycles. The largest absolute Gasteiger partial charge is 0.461 e. The van der Waals surface area contributed by atoms with Crippen molar-refractivity contribution in [3.8, 4) is 5.69 Å². The van der Waals surface area contributed by atoms with E-state index < -0.39 is 17.7 Å². The molecule has 118 valence electrons.